The molecule has 7 nitrogen and oxygen atoms in total. The molecule has 0 saturated carbocycles. The van der Waals surface area contributed by atoms with Crippen molar-refractivity contribution in [2.75, 3.05) is 13.1 Å². The van der Waals surface area contributed by atoms with Crippen molar-refractivity contribution in [1.29, 1.82) is 0 Å². The summed E-state index contributed by atoms with van der Waals surface area (Å²) in [4.78, 5) is 19.3. The number of aromatic nitrogens is 3. The molecular formula is C23H32N4O3. The van der Waals surface area contributed by atoms with Gasteiger partial charge in [0.15, 0.2) is 5.89 Å². The van der Waals surface area contributed by atoms with Crippen LogP contribution in [0.15, 0.2) is 47.1 Å². The molecule has 0 saturated heterocycles. The van der Waals surface area contributed by atoms with Crippen molar-refractivity contribution >= 4 is 5.91 Å². The van der Waals surface area contributed by atoms with Gasteiger partial charge in [-0.3, -0.25) is 4.79 Å². The summed E-state index contributed by atoms with van der Waals surface area (Å²) in [6.07, 6.45) is 3.97. The Kier molecular flexibility index (Phi) is 7.94. The number of aliphatic hydroxyl groups is 1. The second-order valence-electron chi connectivity index (χ2n) is 7.17. The molecule has 0 unspecified atom stereocenters. The van der Waals surface area contributed by atoms with E-state index in [4.69, 9.17) is 4.42 Å². The molecule has 7 heteroatoms. The second kappa shape index (κ2) is 10.2. The number of carbonyl (C=O) groups excluding carboxylic acids is 1. The van der Waals surface area contributed by atoms with E-state index in [2.05, 4.69) is 10.1 Å². The summed E-state index contributed by atoms with van der Waals surface area (Å²) in [6, 6.07) is 9.24. The maximum atomic E-state index is 13.1. The monoisotopic (exact) mass is 412 g/mol. The summed E-state index contributed by atoms with van der Waals surface area (Å²) in [5.41, 5.74) is 0.802. The Labute approximate surface area is 178 Å². The number of likely N-dealkylation sites (N-methyl/N-ethyl adjacent to an activating group) is 1. The zero-order valence-electron chi connectivity index (χ0n) is 18.7. The smallest absolute Gasteiger partial charge is 0.256 e. The zero-order valence-corrected chi connectivity index (χ0v) is 18.7. The van der Waals surface area contributed by atoms with Crippen LogP contribution in [0.1, 0.15) is 62.3 Å². The first-order valence-corrected chi connectivity index (χ1v) is 10.4. The highest BCUT2D eigenvalue weighted by Crippen LogP contribution is 2.23. The molecule has 0 fully saturated rings. The summed E-state index contributed by atoms with van der Waals surface area (Å²) in [6.45, 7) is 12.1. The molecule has 0 aliphatic heterocycles. The predicted octanol–water partition coefficient (Wildman–Crippen LogP) is 4.13. The first kappa shape index (κ1) is 23.3. The van der Waals surface area contributed by atoms with Crippen LogP contribution < -0.4 is 0 Å². The Balaban J connectivity index is 0.00000155. The van der Waals surface area contributed by atoms with Crippen molar-refractivity contribution in [1.82, 2.24) is 19.7 Å². The number of oxazole rings is 1. The number of benzene rings is 1. The van der Waals surface area contributed by atoms with E-state index in [1.807, 2.05) is 57.3 Å². The first-order valence-electron chi connectivity index (χ1n) is 10.4. The maximum absolute atomic E-state index is 13.1. The SMILES string of the molecule is CC.CCN(CCc1nc(C(C)(C)O)c(C)o1)C(=O)c1ccccc1-n1cccn1. The van der Waals surface area contributed by atoms with Gasteiger partial charge in [0.25, 0.3) is 5.91 Å². The van der Waals surface area contributed by atoms with Gasteiger partial charge in [0.05, 0.1) is 11.3 Å². The van der Waals surface area contributed by atoms with Crippen LogP contribution in [-0.2, 0) is 12.0 Å². The van der Waals surface area contributed by atoms with Gasteiger partial charge < -0.3 is 14.4 Å². The standard InChI is InChI=1S/C21H26N4O3.C2H6/c1-5-24(14-11-18-23-19(15(2)28-18)21(3,4)27)20(26)16-9-6-7-10-17(16)25-13-8-12-22-25;1-2/h6-10,12-13,27H,5,11,14H2,1-4H3;1-2H3. The topological polar surface area (TPSA) is 84.4 Å². The van der Waals surface area contributed by atoms with E-state index < -0.39 is 5.60 Å². The van der Waals surface area contributed by atoms with Gasteiger partial charge in [-0.05, 0) is 45.9 Å². The van der Waals surface area contributed by atoms with Crippen LogP contribution in [0.5, 0.6) is 0 Å². The number of rotatable bonds is 7. The molecule has 30 heavy (non-hydrogen) atoms. The average molecular weight is 413 g/mol. The number of hydrogen-bond acceptors (Lipinski definition) is 5. The molecule has 2 aromatic heterocycles. The molecule has 1 aromatic carbocycles. The van der Waals surface area contributed by atoms with Crippen molar-refractivity contribution in [2.24, 2.45) is 0 Å². The lowest BCUT2D eigenvalue weighted by Gasteiger charge is -2.21. The molecule has 162 valence electrons. The molecule has 0 bridgehead atoms. The Morgan fingerprint density at radius 1 is 1.23 bits per heavy atom. The van der Waals surface area contributed by atoms with Crippen molar-refractivity contribution in [3.05, 3.63) is 65.6 Å². The zero-order chi connectivity index (χ0) is 22.3. The highest BCUT2D eigenvalue weighted by atomic mass is 16.4. The third-order valence-electron chi connectivity index (χ3n) is 4.57. The predicted molar refractivity (Wildman–Crippen MR) is 117 cm³/mol. The average Bonchev–Trinajstić information content (AvgIpc) is 3.39. The van der Waals surface area contributed by atoms with E-state index in [1.54, 1.807) is 36.5 Å². The Morgan fingerprint density at radius 2 is 1.93 bits per heavy atom. The van der Waals surface area contributed by atoms with E-state index in [1.165, 1.54) is 0 Å². The molecule has 0 radical (unpaired) electrons. The molecule has 3 aromatic rings. The van der Waals surface area contributed by atoms with E-state index in [-0.39, 0.29) is 5.91 Å². The van der Waals surface area contributed by atoms with Crippen molar-refractivity contribution in [2.45, 2.75) is 53.6 Å². The lowest BCUT2D eigenvalue weighted by molar-refractivity contribution is 0.0725. The molecule has 0 atom stereocenters. The molecular weight excluding hydrogens is 380 g/mol. The number of amides is 1. The number of nitrogens with zero attached hydrogens (tertiary/aromatic N) is 4. The Bertz CT molecular complexity index is 940. The van der Waals surface area contributed by atoms with Gasteiger partial charge in [-0.2, -0.15) is 5.10 Å². The van der Waals surface area contributed by atoms with Gasteiger partial charge in [0.1, 0.15) is 17.1 Å². The number of hydrogen-bond donors (Lipinski definition) is 1. The highest BCUT2D eigenvalue weighted by Gasteiger charge is 2.25. The van der Waals surface area contributed by atoms with Crippen LogP contribution in [-0.4, -0.2) is 43.8 Å². The summed E-state index contributed by atoms with van der Waals surface area (Å²) >= 11 is 0. The fourth-order valence-corrected chi connectivity index (χ4v) is 3.20. The summed E-state index contributed by atoms with van der Waals surface area (Å²) in [7, 11) is 0. The Hall–Kier alpha value is -2.93. The molecule has 3 rings (SSSR count). The van der Waals surface area contributed by atoms with Gasteiger partial charge in [0.2, 0.25) is 0 Å². The maximum Gasteiger partial charge on any atom is 0.256 e. The minimum Gasteiger partial charge on any atom is -0.446 e. The highest BCUT2D eigenvalue weighted by molar-refractivity contribution is 5.97. The van der Waals surface area contributed by atoms with E-state index >= 15 is 0 Å². The minimum absolute atomic E-state index is 0.0698. The molecule has 0 spiro atoms. The van der Waals surface area contributed by atoms with E-state index in [0.717, 1.165) is 5.69 Å². The quantitative estimate of drug-likeness (QED) is 0.631. The molecule has 2 heterocycles. The van der Waals surface area contributed by atoms with Gasteiger partial charge in [0, 0.05) is 31.9 Å². The molecule has 0 aliphatic rings. The van der Waals surface area contributed by atoms with Crippen LogP contribution in [0, 0.1) is 6.92 Å². The molecule has 1 N–H and O–H groups in total. The Morgan fingerprint density at radius 3 is 2.50 bits per heavy atom. The van der Waals surface area contributed by atoms with E-state index in [0.29, 0.717) is 42.4 Å². The van der Waals surface area contributed by atoms with Crippen molar-refractivity contribution in [3.8, 4) is 5.69 Å². The largest absolute Gasteiger partial charge is 0.446 e. The van der Waals surface area contributed by atoms with Crippen molar-refractivity contribution in [3.63, 3.8) is 0 Å². The van der Waals surface area contributed by atoms with Crippen LogP contribution in [0.2, 0.25) is 0 Å². The molecule has 1 amide bonds. The third kappa shape index (κ3) is 5.36. The normalized spacial score (nSPS) is 11.0. The lowest BCUT2D eigenvalue weighted by Crippen LogP contribution is -2.33. The number of carbonyl (C=O) groups is 1. The van der Waals surface area contributed by atoms with Crippen LogP contribution >= 0.6 is 0 Å². The van der Waals surface area contributed by atoms with Crippen molar-refractivity contribution < 1.29 is 14.3 Å². The van der Waals surface area contributed by atoms with Crippen LogP contribution in [0.25, 0.3) is 5.69 Å². The fourth-order valence-electron chi connectivity index (χ4n) is 3.20. The van der Waals surface area contributed by atoms with Gasteiger partial charge in [-0.25, -0.2) is 9.67 Å². The lowest BCUT2D eigenvalue weighted by atomic mass is 10.0. The third-order valence-corrected chi connectivity index (χ3v) is 4.57. The first-order chi connectivity index (χ1) is 14.3. The second-order valence-corrected chi connectivity index (χ2v) is 7.17. The summed E-state index contributed by atoms with van der Waals surface area (Å²) < 4.78 is 7.37. The van der Waals surface area contributed by atoms with Crippen LogP contribution in [0.3, 0.4) is 0 Å². The molecule has 0 aliphatic carbocycles. The summed E-state index contributed by atoms with van der Waals surface area (Å²) in [5.74, 6) is 1.04. The van der Waals surface area contributed by atoms with Crippen LogP contribution in [0.4, 0.5) is 0 Å². The minimum atomic E-state index is -1.06. The summed E-state index contributed by atoms with van der Waals surface area (Å²) in [5, 5.41) is 14.4. The number of para-hydroxylation sites is 1. The number of aryl methyl sites for hydroxylation is 1. The van der Waals surface area contributed by atoms with Gasteiger partial charge in [-0.1, -0.05) is 26.0 Å². The van der Waals surface area contributed by atoms with Gasteiger partial charge in [-0.15, -0.1) is 0 Å². The van der Waals surface area contributed by atoms with Gasteiger partial charge >= 0.3 is 0 Å². The fraction of sp³-hybridized carbons (Fsp3) is 0.435. The van der Waals surface area contributed by atoms with E-state index in [9.17, 15) is 9.90 Å².